The molecular formula is C25H26N6O4S. The zero-order valence-corrected chi connectivity index (χ0v) is 21.1. The number of carboxylic acids is 1. The Hall–Kier alpha value is -4.12. The average Bonchev–Trinajstić information content (AvgIpc) is 3.25. The Morgan fingerprint density at radius 1 is 1.11 bits per heavy atom. The molecule has 36 heavy (non-hydrogen) atoms. The lowest BCUT2D eigenvalue weighted by atomic mass is 10.2. The van der Waals surface area contributed by atoms with E-state index in [9.17, 15) is 19.5 Å². The summed E-state index contributed by atoms with van der Waals surface area (Å²) < 4.78 is 3.18. The number of anilines is 1. The largest absolute Gasteiger partial charge is 0.481 e. The van der Waals surface area contributed by atoms with Crippen LogP contribution < -0.4 is 10.5 Å². The number of hydrazone groups is 1. The summed E-state index contributed by atoms with van der Waals surface area (Å²) in [7, 11) is 5.62. The first-order valence-corrected chi connectivity index (χ1v) is 12.0. The van der Waals surface area contributed by atoms with Crippen molar-refractivity contribution in [1.82, 2.24) is 14.4 Å². The third-order valence-electron chi connectivity index (χ3n) is 5.74. The summed E-state index contributed by atoms with van der Waals surface area (Å²) in [5.74, 6) is -1.60. The Morgan fingerprint density at radius 3 is 2.39 bits per heavy atom. The van der Waals surface area contributed by atoms with Crippen LogP contribution in [0, 0.1) is 6.92 Å². The van der Waals surface area contributed by atoms with Crippen molar-refractivity contribution in [2.24, 2.45) is 17.1 Å². The molecule has 3 aromatic rings. The average molecular weight is 507 g/mol. The number of aliphatic imine (C=N–C) groups is 1. The molecule has 1 saturated heterocycles. The van der Waals surface area contributed by atoms with Crippen LogP contribution in [-0.4, -0.2) is 62.1 Å². The molecule has 10 nitrogen and oxygen atoms in total. The second-order valence-electron chi connectivity index (χ2n) is 8.39. The van der Waals surface area contributed by atoms with Crippen molar-refractivity contribution >= 4 is 46.4 Å². The number of hydrogen-bond donors (Lipinski definition) is 1. The van der Waals surface area contributed by atoms with Crippen LogP contribution in [0.1, 0.15) is 17.7 Å². The highest BCUT2D eigenvalue weighted by Crippen LogP contribution is 2.32. The highest BCUT2D eigenvalue weighted by molar-refractivity contribution is 8.15. The van der Waals surface area contributed by atoms with Crippen LogP contribution in [0.4, 0.5) is 11.4 Å². The van der Waals surface area contributed by atoms with Crippen molar-refractivity contribution in [3.63, 3.8) is 0 Å². The van der Waals surface area contributed by atoms with Crippen molar-refractivity contribution in [3.8, 4) is 5.69 Å². The summed E-state index contributed by atoms with van der Waals surface area (Å²) in [6.45, 7) is 1.76. The van der Waals surface area contributed by atoms with Gasteiger partial charge in [-0.1, -0.05) is 42.1 Å². The first-order chi connectivity index (χ1) is 17.2. The maximum atomic E-state index is 13.3. The van der Waals surface area contributed by atoms with Crippen LogP contribution in [0.2, 0.25) is 0 Å². The fourth-order valence-corrected chi connectivity index (χ4v) is 4.75. The number of aromatic nitrogens is 2. The third-order valence-corrected chi connectivity index (χ3v) is 6.86. The van der Waals surface area contributed by atoms with E-state index >= 15 is 0 Å². The number of rotatable bonds is 7. The molecule has 1 atom stereocenters. The fourth-order valence-electron chi connectivity index (χ4n) is 3.69. The van der Waals surface area contributed by atoms with E-state index in [1.54, 1.807) is 18.7 Å². The van der Waals surface area contributed by atoms with E-state index in [1.165, 1.54) is 10.9 Å². The molecule has 2 heterocycles. The molecule has 0 aliphatic carbocycles. The second-order valence-corrected chi connectivity index (χ2v) is 9.56. The molecule has 0 saturated carbocycles. The summed E-state index contributed by atoms with van der Waals surface area (Å²) in [6, 6.07) is 16.7. The predicted molar refractivity (Wildman–Crippen MR) is 142 cm³/mol. The summed E-state index contributed by atoms with van der Waals surface area (Å²) in [4.78, 5) is 44.1. The Kier molecular flexibility index (Phi) is 7.11. The number of nitrogens with zero attached hydrogens (tertiary/aromatic N) is 6. The molecule has 1 unspecified atom stereocenters. The minimum atomic E-state index is -1.10. The molecule has 1 amide bonds. The highest BCUT2D eigenvalue weighted by Gasteiger charge is 2.40. The summed E-state index contributed by atoms with van der Waals surface area (Å²) >= 11 is 0.988. The van der Waals surface area contributed by atoms with E-state index in [0.717, 1.165) is 28.0 Å². The van der Waals surface area contributed by atoms with Gasteiger partial charge >= 0.3 is 5.97 Å². The number of carboxylic acid groups (broad SMARTS) is 1. The lowest BCUT2D eigenvalue weighted by molar-refractivity contribution is -0.139. The smallest absolute Gasteiger partial charge is 0.305 e. The molecule has 4 rings (SSSR count). The minimum Gasteiger partial charge on any atom is -0.481 e. The molecule has 1 aliphatic rings. The highest BCUT2D eigenvalue weighted by atomic mass is 32.2. The number of hydrogen-bond acceptors (Lipinski definition) is 7. The Bertz CT molecular complexity index is 1410. The zero-order chi connectivity index (χ0) is 26.0. The van der Waals surface area contributed by atoms with Gasteiger partial charge in [0.1, 0.15) is 5.25 Å². The minimum absolute atomic E-state index is 0.151. The maximum Gasteiger partial charge on any atom is 0.305 e. The van der Waals surface area contributed by atoms with E-state index < -0.39 is 17.1 Å². The van der Waals surface area contributed by atoms with Crippen LogP contribution in [0.3, 0.4) is 0 Å². The molecular weight excluding hydrogens is 480 g/mol. The first-order valence-electron chi connectivity index (χ1n) is 11.1. The van der Waals surface area contributed by atoms with Crippen molar-refractivity contribution in [3.05, 3.63) is 76.2 Å². The number of thioether (sulfide) groups is 1. The van der Waals surface area contributed by atoms with Gasteiger partial charge in [0.25, 0.3) is 11.5 Å². The van der Waals surface area contributed by atoms with Gasteiger partial charge in [-0.05, 0) is 36.8 Å². The molecule has 0 radical (unpaired) electrons. The molecule has 0 spiro atoms. The van der Waals surface area contributed by atoms with Crippen molar-refractivity contribution in [2.45, 2.75) is 18.6 Å². The quantitative estimate of drug-likeness (QED) is 0.493. The number of carbonyl (C=O) groups is 2. The van der Waals surface area contributed by atoms with Gasteiger partial charge in [0.15, 0.2) is 10.9 Å². The molecule has 11 heteroatoms. The van der Waals surface area contributed by atoms with Gasteiger partial charge < -0.3 is 10.0 Å². The molecule has 1 aliphatic heterocycles. The molecule has 1 N–H and O–H groups in total. The molecule has 1 fully saturated rings. The number of carbonyl (C=O) groups excluding carboxylic acids is 1. The monoisotopic (exact) mass is 506 g/mol. The topological polar surface area (TPSA) is 112 Å². The normalized spacial score (nSPS) is 16.9. The lowest BCUT2D eigenvalue weighted by Crippen LogP contribution is -2.28. The number of para-hydroxylation sites is 1. The molecule has 0 bridgehead atoms. The van der Waals surface area contributed by atoms with E-state index in [1.807, 2.05) is 73.6 Å². The first kappa shape index (κ1) is 25.0. The van der Waals surface area contributed by atoms with Gasteiger partial charge in [-0.25, -0.2) is 9.67 Å². The maximum absolute atomic E-state index is 13.3. The molecule has 2 aromatic carbocycles. The van der Waals surface area contributed by atoms with Gasteiger partial charge in [-0.3, -0.25) is 19.1 Å². The van der Waals surface area contributed by atoms with E-state index in [0.29, 0.717) is 11.4 Å². The summed E-state index contributed by atoms with van der Waals surface area (Å²) in [5, 5.41) is 13.9. The van der Waals surface area contributed by atoms with Gasteiger partial charge in [0.05, 0.1) is 24.0 Å². The standard InChI is InChI=1S/C25H26N6O4S/c1-16-22(24(35)31(29(16)4)19-8-6-5-7-9-19)27-25-30(23(34)20(36-25)14-21(32)33)26-15-17-10-12-18(13-11-17)28(2)3/h5-13,15,20H,14H2,1-4H3,(H,32,33). The van der Waals surface area contributed by atoms with Crippen molar-refractivity contribution in [2.75, 3.05) is 19.0 Å². The summed E-state index contributed by atoms with van der Waals surface area (Å²) in [6.07, 6.45) is 1.13. The number of benzene rings is 2. The van der Waals surface area contributed by atoms with Crippen LogP contribution in [-0.2, 0) is 16.6 Å². The van der Waals surface area contributed by atoms with Crippen LogP contribution in [0.5, 0.6) is 0 Å². The Balaban J connectivity index is 1.73. The van der Waals surface area contributed by atoms with Crippen LogP contribution in [0.15, 0.2) is 69.5 Å². The van der Waals surface area contributed by atoms with Gasteiger partial charge in [0, 0.05) is 26.8 Å². The molecule has 186 valence electrons. The molecule has 1 aromatic heterocycles. The van der Waals surface area contributed by atoms with Gasteiger partial charge in [0.2, 0.25) is 0 Å². The third kappa shape index (κ3) is 4.96. The zero-order valence-electron chi connectivity index (χ0n) is 20.3. The van der Waals surface area contributed by atoms with Crippen LogP contribution in [0.25, 0.3) is 5.69 Å². The number of amides is 1. The van der Waals surface area contributed by atoms with Gasteiger partial charge in [-0.15, -0.1) is 0 Å². The second kappa shape index (κ2) is 10.2. The predicted octanol–water partition coefficient (Wildman–Crippen LogP) is 2.99. The van der Waals surface area contributed by atoms with Crippen LogP contribution >= 0.6 is 11.8 Å². The Morgan fingerprint density at radius 2 is 1.78 bits per heavy atom. The Labute approximate surface area is 212 Å². The SMILES string of the molecule is Cc1c(N=C2SC(CC(=O)O)C(=O)N2N=Cc2ccc(N(C)C)cc2)c(=O)n(-c2ccccc2)n1C. The van der Waals surface area contributed by atoms with Crippen molar-refractivity contribution < 1.29 is 14.7 Å². The number of amidine groups is 1. The van der Waals surface area contributed by atoms with E-state index in [4.69, 9.17) is 0 Å². The van der Waals surface area contributed by atoms with E-state index in [-0.39, 0.29) is 22.8 Å². The summed E-state index contributed by atoms with van der Waals surface area (Å²) in [5.41, 5.74) is 2.83. The van der Waals surface area contributed by atoms with E-state index in [2.05, 4.69) is 10.1 Å². The number of aliphatic carboxylic acids is 1. The van der Waals surface area contributed by atoms with Crippen molar-refractivity contribution in [1.29, 1.82) is 0 Å². The fraction of sp³-hybridized carbons (Fsp3) is 0.240. The lowest BCUT2D eigenvalue weighted by Gasteiger charge is -2.12. The van der Waals surface area contributed by atoms with Gasteiger partial charge in [-0.2, -0.15) is 10.1 Å².